The minimum atomic E-state index is -1.14. The van der Waals surface area contributed by atoms with Gasteiger partial charge in [0.2, 0.25) is 5.91 Å². The second kappa shape index (κ2) is 7.39. The first-order valence-electron chi connectivity index (χ1n) is 6.23. The predicted molar refractivity (Wildman–Crippen MR) is 76.3 cm³/mol. The van der Waals surface area contributed by atoms with E-state index in [1.165, 1.54) is 4.90 Å². The van der Waals surface area contributed by atoms with Gasteiger partial charge in [0.15, 0.2) is 0 Å². The van der Waals surface area contributed by atoms with Gasteiger partial charge in [-0.1, -0.05) is 6.07 Å². The summed E-state index contributed by atoms with van der Waals surface area (Å²) in [5.41, 5.74) is 1.73. The normalized spacial score (nSPS) is 10.0. The summed E-state index contributed by atoms with van der Waals surface area (Å²) in [6.45, 7) is 0.890. The molecule has 1 aromatic carbocycles. The molecular formula is C14H18N2O5. The van der Waals surface area contributed by atoms with Crippen LogP contribution in [0.4, 0.5) is 5.69 Å². The Morgan fingerprint density at radius 2 is 1.90 bits per heavy atom. The number of hydrogen-bond donors (Lipinski definition) is 2. The molecule has 0 radical (unpaired) electrons. The van der Waals surface area contributed by atoms with Crippen molar-refractivity contribution in [1.82, 2.24) is 4.90 Å². The summed E-state index contributed by atoms with van der Waals surface area (Å²) >= 11 is 0. The standard InChI is InChI=1S/C14H18N2O5/c1-9-4-5-10(14(20)16(2)3)6-11(9)15-12(17)7-21-8-13(18)19/h4-6H,7-8H2,1-3H3,(H,15,17)(H,18,19). The Kier molecular flexibility index (Phi) is 5.86. The van der Waals surface area contributed by atoms with Gasteiger partial charge < -0.3 is 20.1 Å². The minimum Gasteiger partial charge on any atom is -0.480 e. The number of carboxylic acids is 1. The zero-order valence-electron chi connectivity index (χ0n) is 12.2. The van der Waals surface area contributed by atoms with Crippen LogP contribution in [0.15, 0.2) is 18.2 Å². The number of amides is 2. The molecule has 0 fully saturated rings. The van der Waals surface area contributed by atoms with Crippen LogP contribution in [0, 0.1) is 6.92 Å². The number of ether oxygens (including phenoxy) is 1. The van der Waals surface area contributed by atoms with Crippen molar-refractivity contribution in [2.45, 2.75) is 6.92 Å². The van der Waals surface area contributed by atoms with Gasteiger partial charge in [-0.3, -0.25) is 9.59 Å². The van der Waals surface area contributed by atoms with E-state index in [4.69, 9.17) is 9.84 Å². The van der Waals surface area contributed by atoms with Crippen molar-refractivity contribution in [3.8, 4) is 0 Å². The Morgan fingerprint density at radius 1 is 1.24 bits per heavy atom. The van der Waals surface area contributed by atoms with E-state index in [-0.39, 0.29) is 12.5 Å². The van der Waals surface area contributed by atoms with Gasteiger partial charge in [0.1, 0.15) is 13.2 Å². The summed E-state index contributed by atoms with van der Waals surface area (Å²) < 4.78 is 4.70. The van der Waals surface area contributed by atoms with Gasteiger partial charge in [0, 0.05) is 25.3 Å². The smallest absolute Gasteiger partial charge is 0.329 e. The molecule has 2 amide bonds. The van der Waals surface area contributed by atoms with Gasteiger partial charge >= 0.3 is 5.97 Å². The predicted octanol–water partition coefficient (Wildman–Crippen LogP) is 0.737. The average Bonchev–Trinajstić information content (AvgIpc) is 2.39. The molecule has 0 saturated carbocycles. The van der Waals surface area contributed by atoms with Crippen molar-refractivity contribution < 1.29 is 24.2 Å². The van der Waals surface area contributed by atoms with Crippen LogP contribution in [0.2, 0.25) is 0 Å². The third kappa shape index (κ3) is 5.23. The number of carbonyl (C=O) groups excluding carboxylic acids is 2. The van der Waals surface area contributed by atoms with Crippen molar-refractivity contribution in [3.05, 3.63) is 29.3 Å². The number of nitrogens with zero attached hydrogens (tertiary/aromatic N) is 1. The number of carboxylic acid groups (broad SMARTS) is 1. The molecule has 7 heteroatoms. The molecule has 21 heavy (non-hydrogen) atoms. The number of anilines is 1. The Morgan fingerprint density at radius 3 is 2.48 bits per heavy atom. The van der Waals surface area contributed by atoms with Crippen molar-refractivity contribution in [2.24, 2.45) is 0 Å². The highest BCUT2D eigenvalue weighted by Crippen LogP contribution is 2.17. The van der Waals surface area contributed by atoms with E-state index < -0.39 is 18.5 Å². The summed E-state index contributed by atoms with van der Waals surface area (Å²) in [7, 11) is 3.28. The Labute approximate surface area is 122 Å². The van der Waals surface area contributed by atoms with E-state index in [0.29, 0.717) is 11.3 Å². The zero-order valence-corrected chi connectivity index (χ0v) is 12.2. The molecule has 0 bridgehead atoms. The molecule has 2 N–H and O–H groups in total. The lowest BCUT2D eigenvalue weighted by atomic mass is 10.1. The van der Waals surface area contributed by atoms with Crippen LogP contribution < -0.4 is 5.32 Å². The van der Waals surface area contributed by atoms with E-state index in [0.717, 1.165) is 5.56 Å². The van der Waals surface area contributed by atoms with Crippen LogP contribution in [0.1, 0.15) is 15.9 Å². The fourth-order valence-electron chi connectivity index (χ4n) is 1.57. The molecule has 0 aliphatic rings. The SMILES string of the molecule is Cc1ccc(C(=O)N(C)C)cc1NC(=O)COCC(=O)O. The monoisotopic (exact) mass is 294 g/mol. The van der Waals surface area contributed by atoms with E-state index in [2.05, 4.69) is 5.32 Å². The fraction of sp³-hybridized carbons (Fsp3) is 0.357. The lowest BCUT2D eigenvalue weighted by molar-refractivity contribution is -0.143. The van der Waals surface area contributed by atoms with E-state index >= 15 is 0 Å². The number of aliphatic carboxylic acids is 1. The summed E-state index contributed by atoms with van der Waals surface area (Å²) in [6.07, 6.45) is 0. The molecular weight excluding hydrogens is 276 g/mol. The molecule has 7 nitrogen and oxygen atoms in total. The van der Waals surface area contributed by atoms with Crippen molar-refractivity contribution in [2.75, 3.05) is 32.6 Å². The maximum absolute atomic E-state index is 11.9. The van der Waals surface area contributed by atoms with Gasteiger partial charge in [0.25, 0.3) is 5.91 Å². The van der Waals surface area contributed by atoms with Crippen molar-refractivity contribution >= 4 is 23.5 Å². The summed E-state index contributed by atoms with van der Waals surface area (Å²) in [6, 6.07) is 4.98. The molecule has 1 aromatic rings. The number of carbonyl (C=O) groups is 3. The Hall–Kier alpha value is -2.41. The van der Waals surface area contributed by atoms with E-state index in [1.54, 1.807) is 39.2 Å². The lowest BCUT2D eigenvalue weighted by Crippen LogP contribution is -2.23. The molecule has 0 aromatic heterocycles. The minimum absolute atomic E-state index is 0.173. The highest BCUT2D eigenvalue weighted by Gasteiger charge is 2.12. The first-order chi connectivity index (χ1) is 9.81. The average molecular weight is 294 g/mol. The topological polar surface area (TPSA) is 95.9 Å². The first-order valence-corrected chi connectivity index (χ1v) is 6.23. The van der Waals surface area contributed by atoms with Gasteiger partial charge in [-0.2, -0.15) is 0 Å². The van der Waals surface area contributed by atoms with Crippen LogP contribution in [-0.2, 0) is 14.3 Å². The van der Waals surface area contributed by atoms with Crippen LogP contribution in [-0.4, -0.2) is 55.1 Å². The van der Waals surface area contributed by atoms with Gasteiger partial charge in [-0.15, -0.1) is 0 Å². The maximum Gasteiger partial charge on any atom is 0.329 e. The number of benzene rings is 1. The van der Waals surface area contributed by atoms with Crippen LogP contribution in [0.5, 0.6) is 0 Å². The largest absolute Gasteiger partial charge is 0.480 e. The molecule has 0 spiro atoms. The molecule has 0 unspecified atom stereocenters. The van der Waals surface area contributed by atoms with Gasteiger partial charge in [0.05, 0.1) is 0 Å². The zero-order chi connectivity index (χ0) is 16.0. The van der Waals surface area contributed by atoms with Crippen molar-refractivity contribution in [1.29, 1.82) is 0 Å². The molecule has 1 rings (SSSR count). The molecule has 0 saturated heterocycles. The number of aryl methyl sites for hydroxylation is 1. The number of hydrogen-bond acceptors (Lipinski definition) is 4. The third-order valence-electron chi connectivity index (χ3n) is 2.62. The fourth-order valence-corrected chi connectivity index (χ4v) is 1.57. The Balaban J connectivity index is 2.74. The lowest BCUT2D eigenvalue weighted by Gasteiger charge is -2.13. The molecule has 114 valence electrons. The highest BCUT2D eigenvalue weighted by atomic mass is 16.5. The third-order valence-corrected chi connectivity index (χ3v) is 2.62. The highest BCUT2D eigenvalue weighted by molar-refractivity contribution is 5.97. The second-order valence-corrected chi connectivity index (χ2v) is 4.66. The quantitative estimate of drug-likeness (QED) is 0.806. The maximum atomic E-state index is 11.9. The molecule has 0 aliphatic heterocycles. The van der Waals surface area contributed by atoms with Gasteiger partial charge in [-0.25, -0.2) is 4.79 Å². The van der Waals surface area contributed by atoms with E-state index in [9.17, 15) is 14.4 Å². The summed E-state index contributed by atoms with van der Waals surface area (Å²) in [5.74, 6) is -1.79. The van der Waals surface area contributed by atoms with E-state index in [1.807, 2.05) is 0 Å². The van der Waals surface area contributed by atoms with Crippen LogP contribution in [0.3, 0.4) is 0 Å². The second-order valence-electron chi connectivity index (χ2n) is 4.66. The van der Waals surface area contributed by atoms with Crippen LogP contribution >= 0.6 is 0 Å². The van der Waals surface area contributed by atoms with Gasteiger partial charge in [-0.05, 0) is 24.6 Å². The van der Waals surface area contributed by atoms with Crippen LogP contribution in [0.25, 0.3) is 0 Å². The summed E-state index contributed by atoms with van der Waals surface area (Å²) in [4.78, 5) is 35.2. The Bertz CT molecular complexity index is 554. The van der Waals surface area contributed by atoms with Crippen molar-refractivity contribution in [3.63, 3.8) is 0 Å². The number of nitrogens with one attached hydrogen (secondary N) is 1. The summed E-state index contributed by atoms with van der Waals surface area (Å²) in [5, 5.41) is 11.0. The molecule has 0 aliphatic carbocycles. The first kappa shape index (κ1) is 16.6. The number of rotatable bonds is 6. The molecule has 0 heterocycles. The molecule has 0 atom stereocenters.